The van der Waals surface area contributed by atoms with Gasteiger partial charge in [-0.2, -0.15) is 0 Å². The molecule has 2 saturated heterocycles. The van der Waals surface area contributed by atoms with Crippen LogP contribution in [0, 0.1) is 13.8 Å². The highest BCUT2D eigenvalue weighted by Crippen LogP contribution is 2.50. The van der Waals surface area contributed by atoms with Gasteiger partial charge in [-0.25, -0.2) is 14.2 Å². The van der Waals surface area contributed by atoms with E-state index in [1.807, 2.05) is 0 Å². The minimum absolute atomic E-state index is 0.0155. The molecule has 288 valence electrons. The molecule has 19 heteroatoms. The summed E-state index contributed by atoms with van der Waals surface area (Å²) in [5, 5.41) is -0.311. The molecule has 7 atom stereocenters. The zero-order valence-electron chi connectivity index (χ0n) is 31.7. The highest BCUT2D eigenvalue weighted by atomic mass is 31.2. The maximum absolute atomic E-state index is 13.6. The fourth-order valence-corrected chi connectivity index (χ4v) is 8.64. The van der Waals surface area contributed by atoms with Crippen molar-refractivity contribution in [3.05, 3.63) is 65.2 Å². The number of hydrogen-bond acceptors (Lipinski definition) is 11. The van der Waals surface area contributed by atoms with E-state index in [0.717, 1.165) is 0 Å². The lowest BCUT2D eigenvalue weighted by atomic mass is 10.2. The Bertz CT molecular complexity index is 1860. The number of phosphoric ester groups is 1. The Morgan fingerprint density at radius 3 is 1.67 bits per heavy atom. The van der Waals surface area contributed by atoms with Gasteiger partial charge in [0.05, 0.1) is 19.3 Å². The molecule has 0 spiro atoms. The van der Waals surface area contributed by atoms with E-state index in [9.17, 15) is 28.6 Å². The Labute approximate surface area is 299 Å². The van der Waals surface area contributed by atoms with E-state index in [4.69, 9.17) is 27.4 Å². The predicted octanol–water partition coefficient (Wildman–Crippen LogP) is 4.19. The van der Waals surface area contributed by atoms with Gasteiger partial charge in [0.25, 0.3) is 11.1 Å². The predicted molar refractivity (Wildman–Crippen MR) is 195 cm³/mol. The van der Waals surface area contributed by atoms with Gasteiger partial charge in [-0.3, -0.25) is 37.7 Å². The van der Waals surface area contributed by atoms with Crippen LogP contribution in [0.3, 0.4) is 0 Å². The second kappa shape index (κ2) is 14.9. The Morgan fingerprint density at radius 1 is 0.784 bits per heavy atom. The molecule has 2 fully saturated rings. The summed E-state index contributed by atoms with van der Waals surface area (Å²) >= 11 is 0. The molecular weight excluding hydrogens is 720 g/mol. The van der Waals surface area contributed by atoms with Crippen LogP contribution < -0.4 is 22.5 Å². The quantitative estimate of drug-likeness (QED) is 0.205. The van der Waals surface area contributed by atoms with Crippen molar-refractivity contribution in [3.8, 4) is 0 Å². The first kappa shape index (κ1) is 41.5. The minimum Gasteiger partial charge on any atom is -0.414 e. The van der Waals surface area contributed by atoms with E-state index < -0.39 is 90.4 Å². The van der Waals surface area contributed by atoms with E-state index in [1.165, 1.54) is 21.5 Å². The lowest BCUT2D eigenvalue weighted by Gasteiger charge is -2.39. The average Bonchev–Trinajstić information content (AvgIpc) is 3.56. The summed E-state index contributed by atoms with van der Waals surface area (Å²) in [5.74, 6) is 0. The normalized spacial score (nSPS) is 26.1. The Morgan fingerprint density at radius 2 is 1.22 bits per heavy atom. The molecule has 2 aliphatic heterocycles. The van der Waals surface area contributed by atoms with Crippen LogP contribution in [0.2, 0.25) is 36.3 Å². The number of nitrogens with zero attached hydrogens (tertiary/aromatic N) is 2. The van der Waals surface area contributed by atoms with Gasteiger partial charge in [0, 0.05) is 36.4 Å². The lowest BCUT2D eigenvalue weighted by Crippen LogP contribution is -2.46. The first-order valence-electron chi connectivity index (χ1n) is 17.1. The Hall–Kier alpha value is -2.26. The Kier molecular flexibility index (Phi) is 12.1. The highest BCUT2D eigenvalue weighted by Gasteiger charge is 2.48. The second-order valence-corrected chi connectivity index (χ2v) is 27.6. The van der Waals surface area contributed by atoms with Gasteiger partial charge in [-0.1, -0.05) is 41.5 Å². The van der Waals surface area contributed by atoms with Crippen LogP contribution >= 0.6 is 7.82 Å². The van der Waals surface area contributed by atoms with Gasteiger partial charge in [0.15, 0.2) is 16.6 Å². The number of ether oxygens (including phenoxy) is 2. The zero-order valence-corrected chi connectivity index (χ0v) is 34.6. The van der Waals surface area contributed by atoms with Gasteiger partial charge in [0.1, 0.15) is 30.8 Å². The fraction of sp³-hybridized carbons (Fsp3) is 0.750. The third-order valence-electron chi connectivity index (χ3n) is 10.6. The number of hydrogen-bond donors (Lipinski definition) is 3. The van der Waals surface area contributed by atoms with Gasteiger partial charge in [-0.15, -0.1) is 0 Å². The summed E-state index contributed by atoms with van der Waals surface area (Å²) in [5.41, 5.74) is -1.78. The Balaban J connectivity index is 1.56. The van der Waals surface area contributed by atoms with Crippen molar-refractivity contribution in [1.29, 1.82) is 0 Å². The van der Waals surface area contributed by atoms with Crippen molar-refractivity contribution in [2.75, 3.05) is 13.2 Å². The maximum atomic E-state index is 13.6. The van der Waals surface area contributed by atoms with Crippen LogP contribution in [-0.4, -0.2) is 78.3 Å². The van der Waals surface area contributed by atoms with Crippen LogP contribution in [-0.2, 0) is 31.9 Å². The highest BCUT2D eigenvalue weighted by molar-refractivity contribution is 7.47. The minimum atomic E-state index is -4.81. The molecule has 0 saturated carbocycles. The van der Waals surface area contributed by atoms with Gasteiger partial charge in [0.2, 0.25) is 0 Å². The average molecular weight is 775 g/mol. The molecule has 1 unspecified atom stereocenters. The molecule has 0 aromatic carbocycles. The van der Waals surface area contributed by atoms with Crippen LogP contribution in [0.15, 0.2) is 31.6 Å². The number of aromatic amines is 2. The van der Waals surface area contributed by atoms with Crippen LogP contribution in [0.5, 0.6) is 0 Å². The zero-order chi connectivity index (χ0) is 38.5. The van der Waals surface area contributed by atoms with Crippen LogP contribution in [0.4, 0.5) is 0 Å². The third kappa shape index (κ3) is 9.65. The number of rotatable bonds is 12. The summed E-state index contributed by atoms with van der Waals surface area (Å²) < 4.78 is 52.9. The van der Waals surface area contributed by atoms with E-state index in [1.54, 1.807) is 13.8 Å². The summed E-state index contributed by atoms with van der Waals surface area (Å²) in [6, 6.07) is 0. The lowest BCUT2D eigenvalue weighted by molar-refractivity contribution is -0.0554. The molecule has 2 aromatic heterocycles. The van der Waals surface area contributed by atoms with Crippen molar-refractivity contribution in [3.63, 3.8) is 0 Å². The number of H-pyrrole nitrogens is 2. The largest absolute Gasteiger partial charge is 0.472 e. The summed E-state index contributed by atoms with van der Waals surface area (Å²) in [6.07, 6.45) is -2.15. The molecule has 2 aliphatic rings. The van der Waals surface area contributed by atoms with Gasteiger partial charge in [-0.05, 0) is 50.1 Å². The second-order valence-electron chi connectivity index (χ2n) is 16.6. The maximum Gasteiger partial charge on any atom is 0.472 e. The van der Waals surface area contributed by atoms with Crippen molar-refractivity contribution in [2.45, 2.75) is 141 Å². The van der Waals surface area contributed by atoms with E-state index >= 15 is 0 Å². The van der Waals surface area contributed by atoms with Crippen molar-refractivity contribution < 1.29 is 36.8 Å². The number of aryl methyl sites for hydroxylation is 2. The first-order chi connectivity index (χ1) is 23.2. The standard InChI is InChI=1S/C32H55N4O12PSi2/c1-19-15-35(29(39)33-27(19)37)25-13-21(24(46-25)18-44-50(9,10)31(3,4)5)47-49(41,42)43-17-23-22(48-51(11,12)32(6,7)8)14-26(45-23)36-16-20(2)28(38)34-30(36)40/h15-16,21-26H,13-14,17-18H2,1-12H3,(H,41,42)(H,33,37,39)(H,34,38,40)/t21-,22-,23+,24+,25+,26+/m0/s1. The summed E-state index contributed by atoms with van der Waals surface area (Å²) in [6.45, 7) is 23.5. The molecule has 0 amide bonds. The van der Waals surface area contributed by atoms with E-state index in [-0.39, 0.29) is 35.1 Å². The van der Waals surface area contributed by atoms with Gasteiger partial charge >= 0.3 is 19.2 Å². The molecule has 0 bridgehead atoms. The van der Waals surface area contributed by atoms with Gasteiger partial charge < -0.3 is 23.2 Å². The fourth-order valence-electron chi connectivity index (χ4n) is 5.31. The smallest absolute Gasteiger partial charge is 0.414 e. The topological polar surface area (TPSA) is 202 Å². The van der Waals surface area contributed by atoms with E-state index in [0.29, 0.717) is 5.56 Å². The molecule has 0 aliphatic carbocycles. The molecule has 2 aromatic rings. The number of phosphoric acid groups is 1. The summed E-state index contributed by atoms with van der Waals surface area (Å²) in [7, 11) is -9.51. The molecule has 3 N–H and O–H groups in total. The third-order valence-corrected chi connectivity index (χ3v) is 20.6. The van der Waals surface area contributed by atoms with Crippen molar-refractivity contribution in [2.24, 2.45) is 0 Å². The molecule has 16 nitrogen and oxygen atoms in total. The molecule has 0 radical (unpaired) electrons. The molecule has 4 heterocycles. The van der Waals surface area contributed by atoms with Crippen LogP contribution in [0.25, 0.3) is 0 Å². The molecular formula is C32H55N4O12PSi2. The molecule has 4 rings (SSSR count). The van der Waals surface area contributed by atoms with Crippen molar-refractivity contribution >= 4 is 24.5 Å². The first-order valence-corrected chi connectivity index (χ1v) is 24.4. The molecule has 51 heavy (non-hydrogen) atoms. The monoisotopic (exact) mass is 774 g/mol. The number of aromatic nitrogens is 4. The SMILES string of the molecule is Cc1cn([C@H]2C[C@H](O[Si](C)(C)C(C)(C)C)[C@@H](COP(=O)(O)O[C@H]3C[C@H](n4cc(C)c(=O)[nH]c4=O)O[C@@H]3CO[Si](C)(C)C(C)(C)C)O2)c(=O)[nH]c1=O. The van der Waals surface area contributed by atoms with Crippen LogP contribution in [0.1, 0.15) is 78.0 Å². The number of nitrogens with one attached hydrogen (secondary N) is 2. The summed E-state index contributed by atoms with van der Waals surface area (Å²) in [4.78, 5) is 65.1. The van der Waals surface area contributed by atoms with E-state index in [2.05, 4.69) is 77.7 Å². The van der Waals surface area contributed by atoms with Crippen molar-refractivity contribution in [1.82, 2.24) is 19.1 Å².